The Morgan fingerprint density at radius 3 is 2.44 bits per heavy atom. The normalized spacial score (nSPS) is 18.0. The minimum Gasteiger partial charge on any atom is -0.366 e. The van der Waals surface area contributed by atoms with Crippen LogP contribution in [0.4, 0.5) is 23.2 Å². The number of pyridine rings is 1. The molecule has 0 saturated carbocycles. The number of benzene rings is 1. The molecule has 27 heavy (non-hydrogen) atoms. The van der Waals surface area contributed by atoms with Crippen LogP contribution in [0.1, 0.15) is 17.0 Å². The van der Waals surface area contributed by atoms with E-state index < -0.39 is 18.1 Å². The first-order valence-electron chi connectivity index (χ1n) is 8.60. The molecule has 1 fully saturated rings. The van der Waals surface area contributed by atoms with Gasteiger partial charge in [0.05, 0.1) is 13.2 Å². The molecular weight excluding hydrogens is 362 g/mol. The van der Waals surface area contributed by atoms with Crippen molar-refractivity contribution in [1.82, 2.24) is 4.98 Å². The number of nitrogens with zero attached hydrogens (tertiary/aromatic N) is 2. The highest BCUT2D eigenvalue weighted by molar-refractivity contribution is 5.72. The van der Waals surface area contributed by atoms with Crippen LogP contribution in [-0.2, 0) is 11.3 Å². The Morgan fingerprint density at radius 2 is 1.85 bits per heavy atom. The molecule has 3 rings (SSSR count). The van der Waals surface area contributed by atoms with Gasteiger partial charge in [-0.25, -0.2) is 4.39 Å². The molecular formula is C19H21F4N3O. The van der Waals surface area contributed by atoms with Crippen LogP contribution in [-0.4, -0.2) is 37.0 Å². The Morgan fingerprint density at radius 1 is 1.19 bits per heavy atom. The van der Waals surface area contributed by atoms with Crippen LogP contribution in [0.5, 0.6) is 0 Å². The monoisotopic (exact) mass is 383 g/mol. The summed E-state index contributed by atoms with van der Waals surface area (Å²) in [5, 5.41) is 0. The van der Waals surface area contributed by atoms with Gasteiger partial charge in [-0.1, -0.05) is 0 Å². The number of morpholine rings is 1. The van der Waals surface area contributed by atoms with Crippen molar-refractivity contribution in [1.29, 1.82) is 0 Å². The SMILES string of the molecule is Cc1cc(-c2c(F)cc(N3CCO[C@@H](C(F)(F)F)C3)cc2CN)cc(C)n1. The number of halogens is 4. The number of hydrogen-bond donors (Lipinski definition) is 1. The second-order valence-corrected chi connectivity index (χ2v) is 6.65. The maximum Gasteiger partial charge on any atom is 0.416 e. The number of nitrogens with two attached hydrogens (primary N) is 1. The largest absolute Gasteiger partial charge is 0.416 e. The zero-order valence-corrected chi connectivity index (χ0v) is 15.1. The van der Waals surface area contributed by atoms with Gasteiger partial charge in [-0.15, -0.1) is 0 Å². The molecule has 1 aromatic carbocycles. The fourth-order valence-electron chi connectivity index (χ4n) is 3.38. The molecule has 1 aliphatic rings. The molecule has 146 valence electrons. The Balaban J connectivity index is 1.99. The molecule has 1 aliphatic heterocycles. The highest BCUT2D eigenvalue weighted by Crippen LogP contribution is 2.34. The predicted molar refractivity (Wildman–Crippen MR) is 95.0 cm³/mol. The van der Waals surface area contributed by atoms with E-state index >= 15 is 0 Å². The number of alkyl halides is 3. The second kappa shape index (κ2) is 7.44. The van der Waals surface area contributed by atoms with Crippen LogP contribution in [0, 0.1) is 19.7 Å². The van der Waals surface area contributed by atoms with Crippen LogP contribution < -0.4 is 10.6 Å². The third kappa shape index (κ3) is 4.22. The Kier molecular flexibility index (Phi) is 5.39. The summed E-state index contributed by atoms with van der Waals surface area (Å²) in [6, 6.07) is 6.44. The molecule has 0 radical (unpaired) electrons. The molecule has 2 aromatic rings. The summed E-state index contributed by atoms with van der Waals surface area (Å²) in [4.78, 5) is 5.77. The first-order valence-corrected chi connectivity index (χ1v) is 8.60. The van der Waals surface area contributed by atoms with Gasteiger partial charge in [-0.3, -0.25) is 4.98 Å². The van der Waals surface area contributed by atoms with Crippen molar-refractivity contribution in [3.05, 3.63) is 47.0 Å². The zero-order valence-electron chi connectivity index (χ0n) is 15.1. The van der Waals surface area contributed by atoms with E-state index in [0.717, 1.165) is 11.4 Å². The molecule has 0 aliphatic carbocycles. The number of ether oxygens (including phenoxy) is 1. The maximum atomic E-state index is 15.0. The Hall–Kier alpha value is -2.19. The molecule has 8 heteroatoms. The summed E-state index contributed by atoms with van der Waals surface area (Å²) >= 11 is 0. The zero-order chi connectivity index (χ0) is 19.8. The van der Waals surface area contributed by atoms with Crippen LogP contribution in [0.25, 0.3) is 11.1 Å². The molecule has 0 bridgehead atoms. The number of aryl methyl sites for hydroxylation is 2. The molecule has 1 atom stereocenters. The van der Waals surface area contributed by atoms with Crippen molar-refractivity contribution in [3.63, 3.8) is 0 Å². The Bertz CT molecular complexity index is 818. The van der Waals surface area contributed by atoms with Crippen LogP contribution in [0.15, 0.2) is 24.3 Å². The van der Waals surface area contributed by atoms with Gasteiger partial charge in [0.15, 0.2) is 6.10 Å². The van der Waals surface area contributed by atoms with E-state index in [9.17, 15) is 17.6 Å². The van der Waals surface area contributed by atoms with E-state index in [1.165, 1.54) is 11.0 Å². The van der Waals surface area contributed by atoms with Gasteiger partial charge < -0.3 is 15.4 Å². The lowest BCUT2D eigenvalue weighted by Crippen LogP contribution is -2.49. The summed E-state index contributed by atoms with van der Waals surface area (Å²) in [5.41, 5.74) is 9.23. The molecule has 1 aromatic heterocycles. The van der Waals surface area contributed by atoms with Gasteiger partial charge in [0, 0.05) is 35.7 Å². The average molecular weight is 383 g/mol. The average Bonchev–Trinajstić information content (AvgIpc) is 2.59. The van der Waals surface area contributed by atoms with Gasteiger partial charge in [0.1, 0.15) is 5.82 Å². The molecule has 0 unspecified atom stereocenters. The maximum absolute atomic E-state index is 15.0. The highest BCUT2D eigenvalue weighted by atomic mass is 19.4. The predicted octanol–water partition coefficient (Wildman–Crippen LogP) is 3.73. The van der Waals surface area contributed by atoms with Crippen LogP contribution in [0.3, 0.4) is 0 Å². The number of rotatable bonds is 3. The van der Waals surface area contributed by atoms with Crippen LogP contribution in [0.2, 0.25) is 0 Å². The fraction of sp³-hybridized carbons (Fsp3) is 0.421. The van der Waals surface area contributed by atoms with Crippen molar-refractivity contribution in [3.8, 4) is 11.1 Å². The van der Waals surface area contributed by atoms with Crippen molar-refractivity contribution in [2.75, 3.05) is 24.6 Å². The molecule has 0 amide bonds. The van der Waals surface area contributed by atoms with Crippen molar-refractivity contribution >= 4 is 5.69 Å². The second-order valence-electron chi connectivity index (χ2n) is 6.65. The van der Waals surface area contributed by atoms with E-state index in [4.69, 9.17) is 10.5 Å². The smallest absolute Gasteiger partial charge is 0.366 e. The quantitative estimate of drug-likeness (QED) is 0.821. The lowest BCUT2D eigenvalue weighted by Gasteiger charge is -2.35. The third-order valence-corrected chi connectivity index (χ3v) is 4.54. The topological polar surface area (TPSA) is 51.4 Å². The van der Waals surface area contributed by atoms with Gasteiger partial charge in [0.2, 0.25) is 0 Å². The summed E-state index contributed by atoms with van der Waals surface area (Å²) < 4.78 is 58.7. The standard InChI is InChI=1S/C19H21F4N3O/c1-11-5-13(6-12(2)25-11)18-14(9-24)7-15(8-16(18)20)26-3-4-27-17(10-26)19(21,22)23/h5-8,17H,3-4,9-10,24H2,1-2H3/t17-/m1/s1. The minimum atomic E-state index is -4.46. The molecule has 1 saturated heterocycles. The lowest BCUT2D eigenvalue weighted by atomic mass is 9.97. The summed E-state index contributed by atoms with van der Waals surface area (Å²) in [6.45, 7) is 3.50. The molecule has 0 spiro atoms. The number of hydrogen-bond acceptors (Lipinski definition) is 4. The van der Waals surface area contributed by atoms with Gasteiger partial charge in [-0.2, -0.15) is 13.2 Å². The summed E-state index contributed by atoms with van der Waals surface area (Å²) in [5.74, 6) is -0.520. The van der Waals surface area contributed by atoms with Gasteiger partial charge in [0.25, 0.3) is 0 Å². The Labute approximate surface area is 154 Å². The van der Waals surface area contributed by atoms with E-state index in [2.05, 4.69) is 4.98 Å². The molecule has 2 heterocycles. The molecule has 2 N–H and O–H groups in total. The van der Waals surface area contributed by atoms with Crippen LogP contribution >= 0.6 is 0 Å². The first kappa shape index (κ1) is 19.6. The summed E-state index contributed by atoms with van der Waals surface area (Å²) in [7, 11) is 0. The fourth-order valence-corrected chi connectivity index (χ4v) is 3.38. The minimum absolute atomic E-state index is 0.0630. The first-order chi connectivity index (χ1) is 12.7. The van der Waals surface area contributed by atoms with Crippen molar-refractivity contribution in [2.24, 2.45) is 5.73 Å². The van der Waals surface area contributed by atoms with Gasteiger partial charge >= 0.3 is 6.18 Å². The van der Waals surface area contributed by atoms with Crippen molar-refractivity contribution in [2.45, 2.75) is 32.7 Å². The van der Waals surface area contributed by atoms with E-state index in [1.807, 2.05) is 13.8 Å². The lowest BCUT2D eigenvalue weighted by molar-refractivity contribution is -0.221. The van der Waals surface area contributed by atoms with E-state index in [-0.39, 0.29) is 26.2 Å². The van der Waals surface area contributed by atoms with E-state index in [1.54, 1.807) is 18.2 Å². The van der Waals surface area contributed by atoms with Crippen molar-refractivity contribution < 1.29 is 22.3 Å². The molecule has 4 nitrogen and oxygen atoms in total. The number of aromatic nitrogens is 1. The number of anilines is 1. The van der Waals surface area contributed by atoms with Gasteiger partial charge in [-0.05, 0) is 49.2 Å². The van der Waals surface area contributed by atoms with E-state index in [0.29, 0.717) is 22.4 Å². The summed E-state index contributed by atoms with van der Waals surface area (Å²) in [6.07, 6.45) is -6.35. The highest BCUT2D eigenvalue weighted by Gasteiger charge is 2.43. The third-order valence-electron chi connectivity index (χ3n) is 4.54.